The zero-order valence-corrected chi connectivity index (χ0v) is 22.3. The van der Waals surface area contributed by atoms with E-state index >= 15 is 0 Å². The number of carbonyl (C=O) groups excluding carboxylic acids is 1. The molecule has 1 aliphatic heterocycles. The van der Waals surface area contributed by atoms with Crippen molar-refractivity contribution >= 4 is 5.97 Å². The SMILES string of the molecule is C=CCOC(=O)C1=C[C@@H](c2c(C)n(C)n(-c3ccccc3)c2=O)[C@H](CCOCCOCCO)[C@@H](OCC)O1. The molecule has 0 amide bonds. The molecular formula is C28H38N2O8. The Morgan fingerprint density at radius 3 is 2.53 bits per heavy atom. The number of hydrogen-bond donors (Lipinski definition) is 1. The second kappa shape index (κ2) is 14.7. The van der Waals surface area contributed by atoms with Gasteiger partial charge in [-0.15, -0.1) is 0 Å². The van der Waals surface area contributed by atoms with E-state index in [4.69, 9.17) is 28.8 Å². The van der Waals surface area contributed by atoms with Gasteiger partial charge in [0.05, 0.1) is 32.1 Å². The van der Waals surface area contributed by atoms with Crippen LogP contribution >= 0.6 is 0 Å². The van der Waals surface area contributed by atoms with Crippen molar-refractivity contribution in [1.29, 1.82) is 0 Å². The third-order valence-corrected chi connectivity index (χ3v) is 6.38. The lowest BCUT2D eigenvalue weighted by molar-refractivity contribution is -0.176. The minimum Gasteiger partial charge on any atom is -0.457 e. The molecule has 0 saturated carbocycles. The van der Waals surface area contributed by atoms with Crippen LogP contribution in [0.25, 0.3) is 5.69 Å². The first kappa shape index (κ1) is 29.4. The Balaban J connectivity index is 1.99. The summed E-state index contributed by atoms with van der Waals surface area (Å²) in [4.78, 5) is 26.7. The van der Waals surface area contributed by atoms with Crippen molar-refractivity contribution in [3.05, 3.63) is 76.4 Å². The predicted molar refractivity (Wildman–Crippen MR) is 141 cm³/mol. The zero-order valence-electron chi connectivity index (χ0n) is 22.3. The fourth-order valence-corrected chi connectivity index (χ4v) is 4.54. The molecule has 10 heteroatoms. The van der Waals surface area contributed by atoms with Crippen molar-refractivity contribution in [2.75, 3.05) is 46.2 Å². The number of esters is 1. The molecule has 3 atom stereocenters. The number of nitrogens with zero attached hydrogens (tertiary/aromatic N) is 2. The second-order valence-electron chi connectivity index (χ2n) is 8.76. The molecule has 3 rings (SSSR count). The number of hydrogen-bond acceptors (Lipinski definition) is 8. The van der Waals surface area contributed by atoms with Gasteiger partial charge in [0.15, 0.2) is 0 Å². The van der Waals surface area contributed by atoms with Crippen molar-refractivity contribution in [2.45, 2.75) is 32.5 Å². The van der Waals surface area contributed by atoms with Crippen molar-refractivity contribution in [3.63, 3.8) is 0 Å². The predicted octanol–water partition coefficient (Wildman–Crippen LogP) is 2.61. The first-order valence-corrected chi connectivity index (χ1v) is 12.8. The van der Waals surface area contributed by atoms with Gasteiger partial charge in [-0.1, -0.05) is 30.9 Å². The van der Waals surface area contributed by atoms with Crippen molar-refractivity contribution in [1.82, 2.24) is 9.36 Å². The highest BCUT2D eigenvalue weighted by Gasteiger charge is 2.41. The molecule has 208 valence electrons. The summed E-state index contributed by atoms with van der Waals surface area (Å²) in [6.45, 7) is 8.98. The molecule has 2 aromatic rings. The van der Waals surface area contributed by atoms with Crippen molar-refractivity contribution in [3.8, 4) is 5.69 Å². The number of ether oxygens (including phenoxy) is 5. The second-order valence-corrected chi connectivity index (χ2v) is 8.76. The quantitative estimate of drug-likeness (QED) is 0.213. The first-order chi connectivity index (χ1) is 18.4. The summed E-state index contributed by atoms with van der Waals surface area (Å²) in [6, 6.07) is 9.39. The van der Waals surface area contributed by atoms with Crippen LogP contribution in [0.2, 0.25) is 0 Å². The Bertz CT molecular complexity index is 1140. The van der Waals surface area contributed by atoms with Gasteiger partial charge in [0.2, 0.25) is 12.0 Å². The number of rotatable bonds is 15. The molecule has 0 aliphatic carbocycles. The normalized spacial score (nSPS) is 19.1. The molecule has 10 nitrogen and oxygen atoms in total. The van der Waals surface area contributed by atoms with E-state index in [1.54, 1.807) is 10.8 Å². The third kappa shape index (κ3) is 7.02. The maximum atomic E-state index is 13.9. The molecular weight excluding hydrogens is 492 g/mol. The van der Waals surface area contributed by atoms with Gasteiger partial charge in [0.1, 0.15) is 6.61 Å². The highest BCUT2D eigenvalue weighted by molar-refractivity contribution is 5.86. The maximum Gasteiger partial charge on any atom is 0.373 e. The van der Waals surface area contributed by atoms with Gasteiger partial charge in [-0.3, -0.25) is 9.48 Å². The summed E-state index contributed by atoms with van der Waals surface area (Å²) < 4.78 is 31.6. The van der Waals surface area contributed by atoms with Gasteiger partial charge < -0.3 is 28.8 Å². The zero-order chi connectivity index (χ0) is 27.5. The molecule has 2 heterocycles. The number of aliphatic hydroxyl groups excluding tert-OH is 1. The van der Waals surface area contributed by atoms with Gasteiger partial charge in [0, 0.05) is 43.4 Å². The molecule has 0 fully saturated rings. The summed E-state index contributed by atoms with van der Waals surface area (Å²) in [5.74, 6) is -1.46. The van der Waals surface area contributed by atoms with Crippen LogP contribution in [-0.4, -0.2) is 73.0 Å². The molecule has 0 bridgehead atoms. The molecule has 0 spiro atoms. The van der Waals surface area contributed by atoms with E-state index in [9.17, 15) is 9.59 Å². The first-order valence-electron chi connectivity index (χ1n) is 12.8. The average Bonchev–Trinajstić information content (AvgIpc) is 3.15. The molecule has 1 aliphatic rings. The van der Waals surface area contributed by atoms with Crippen LogP contribution in [-0.2, 0) is 35.5 Å². The Morgan fingerprint density at radius 1 is 1.16 bits per heavy atom. The van der Waals surface area contributed by atoms with Crippen LogP contribution in [0.4, 0.5) is 0 Å². The van der Waals surface area contributed by atoms with Gasteiger partial charge >= 0.3 is 5.97 Å². The van der Waals surface area contributed by atoms with Crippen molar-refractivity contribution in [2.24, 2.45) is 13.0 Å². The summed E-state index contributed by atoms with van der Waals surface area (Å²) >= 11 is 0. The van der Waals surface area contributed by atoms with Crippen molar-refractivity contribution < 1.29 is 33.6 Å². The average molecular weight is 531 g/mol. The highest BCUT2D eigenvalue weighted by Crippen LogP contribution is 2.39. The Kier molecular flexibility index (Phi) is 11.3. The summed E-state index contributed by atoms with van der Waals surface area (Å²) in [5.41, 5.74) is 1.87. The van der Waals surface area contributed by atoms with Crippen LogP contribution in [0.5, 0.6) is 0 Å². The lowest BCUT2D eigenvalue weighted by Gasteiger charge is -2.36. The van der Waals surface area contributed by atoms with Crippen LogP contribution in [0, 0.1) is 12.8 Å². The van der Waals surface area contributed by atoms with Crippen LogP contribution in [0.1, 0.15) is 30.5 Å². The number of carbonyl (C=O) groups is 1. The van der Waals surface area contributed by atoms with Crippen LogP contribution in [0.3, 0.4) is 0 Å². The summed E-state index contributed by atoms with van der Waals surface area (Å²) in [7, 11) is 1.83. The Labute approximate surface area is 223 Å². The van der Waals surface area contributed by atoms with E-state index in [1.807, 2.05) is 55.9 Å². The lowest BCUT2D eigenvalue weighted by Crippen LogP contribution is -2.39. The largest absolute Gasteiger partial charge is 0.457 e. The van der Waals surface area contributed by atoms with Crippen LogP contribution in [0.15, 0.2) is 59.6 Å². The highest BCUT2D eigenvalue weighted by atomic mass is 16.7. The smallest absolute Gasteiger partial charge is 0.373 e. The van der Waals surface area contributed by atoms with E-state index in [1.165, 1.54) is 6.08 Å². The van der Waals surface area contributed by atoms with E-state index in [0.717, 1.165) is 11.4 Å². The molecule has 0 unspecified atom stereocenters. The van der Waals surface area contributed by atoms with E-state index in [-0.39, 0.29) is 37.1 Å². The van der Waals surface area contributed by atoms with E-state index < -0.39 is 18.2 Å². The Morgan fingerprint density at radius 2 is 1.87 bits per heavy atom. The topological polar surface area (TPSA) is 110 Å². The minimum absolute atomic E-state index is 0.00112. The van der Waals surface area contributed by atoms with Gasteiger partial charge in [-0.05, 0) is 38.5 Å². The number of aromatic nitrogens is 2. The summed E-state index contributed by atoms with van der Waals surface area (Å²) in [6.07, 6.45) is 2.85. The Hall–Kier alpha value is -3.18. The molecule has 0 saturated heterocycles. The monoisotopic (exact) mass is 530 g/mol. The molecule has 1 N–H and O–H groups in total. The van der Waals surface area contributed by atoms with Crippen LogP contribution < -0.4 is 5.56 Å². The standard InChI is InChI=1S/C28H38N2O8/c1-5-14-37-27(33)24-19-23(22(28(38-24)36-6-2)12-15-34-17-18-35-16-13-31)25-20(3)29(4)30(26(25)32)21-10-8-7-9-11-21/h5,7-11,19,22-23,28,31H,1,6,12-18H2,2-4H3/t22-,23+,28-/m0/s1. The fraction of sp³-hybridized carbons (Fsp3) is 0.500. The maximum absolute atomic E-state index is 13.9. The number of allylic oxidation sites excluding steroid dienone is 1. The summed E-state index contributed by atoms with van der Waals surface area (Å²) in [5, 5.41) is 8.84. The van der Waals surface area contributed by atoms with Gasteiger partial charge in [-0.2, -0.15) is 0 Å². The molecule has 1 aromatic heterocycles. The third-order valence-electron chi connectivity index (χ3n) is 6.38. The molecule has 38 heavy (non-hydrogen) atoms. The molecule has 0 radical (unpaired) electrons. The number of benzene rings is 1. The van der Waals surface area contributed by atoms with E-state index in [0.29, 0.717) is 38.4 Å². The van der Waals surface area contributed by atoms with E-state index in [2.05, 4.69) is 6.58 Å². The number of aliphatic hydroxyl groups is 1. The van der Waals surface area contributed by atoms with Gasteiger partial charge in [-0.25, -0.2) is 9.48 Å². The number of para-hydroxylation sites is 1. The van der Waals surface area contributed by atoms with Gasteiger partial charge in [0.25, 0.3) is 5.56 Å². The molecule has 1 aromatic carbocycles. The fourth-order valence-electron chi connectivity index (χ4n) is 4.54. The minimum atomic E-state index is -0.792. The lowest BCUT2D eigenvalue weighted by atomic mass is 9.81.